The number of rotatable bonds is 9. The maximum atomic E-state index is 13.1. The first kappa shape index (κ1) is 21.8. The van der Waals surface area contributed by atoms with E-state index in [0.717, 1.165) is 11.3 Å². The van der Waals surface area contributed by atoms with E-state index >= 15 is 0 Å². The third-order valence-electron chi connectivity index (χ3n) is 4.13. The Hall–Kier alpha value is -1.92. The Balaban J connectivity index is 1.94. The van der Waals surface area contributed by atoms with Gasteiger partial charge in [0.05, 0.1) is 14.2 Å². The summed E-state index contributed by atoms with van der Waals surface area (Å²) in [6.07, 6.45) is 0. The predicted octanol–water partition coefficient (Wildman–Crippen LogP) is 3.32. The summed E-state index contributed by atoms with van der Waals surface area (Å²) in [6.45, 7) is -0.316. The highest BCUT2D eigenvalue weighted by atomic mass is 32.2. The van der Waals surface area contributed by atoms with E-state index in [2.05, 4.69) is 4.72 Å². The van der Waals surface area contributed by atoms with Crippen LogP contribution in [0.15, 0.2) is 62.3 Å². The van der Waals surface area contributed by atoms with Crippen LogP contribution in [0.3, 0.4) is 0 Å². The van der Waals surface area contributed by atoms with Crippen LogP contribution in [-0.4, -0.2) is 37.6 Å². The summed E-state index contributed by atoms with van der Waals surface area (Å²) in [4.78, 5) is 0.427. The summed E-state index contributed by atoms with van der Waals surface area (Å²) in [6, 6.07) is 11.0. The van der Waals surface area contributed by atoms with Gasteiger partial charge in [0.25, 0.3) is 0 Å². The van der Waals surface area contributed by atoms with Crippen molar-refractivity contribution < 1.29 is 26.3 Å². The molecule has 0 aliphatic carbocycles. The Morgan fingerprint density at radius 1 is 0.966 bits per heavy atom. The SMILES string of the molecule is COc1ccc(OC)c(S(=O)(=O)NC[C@@H](c2cccs2)S(=O)(=O)c2cccs2)c1. The Morgan fingerprint density at radius 2 is 1.69 bits per heavy atom. The second-order valence-electron chi connectivity index (χ2n) is 5.85. The minimum atomic E-state index is -4.06. The van der Waals surface area contributed by atoms with E-state index in [4.69, 9.17) is 9.47 Å². The second-order valence-corrected chi connectivity index (χ2v) is 11.9. The van der Waals surface area contributed by atoms with E-state index in [9.17, 15) is 16.8 Å². The summed E-state index contributed by atoms with van der Waals surface area (Å²) < 4.78 is 64.9. The van der Waals surface area contributed by atoms with Crippen molar-refractivity contribution in [2.75, 3.05) is 20.8 Å². The molecule has 0 aliphatic heterocycles. The number of sulfone groups is 1. The van der Waals surface area contributed by atoms with Gasteiger partial charge in [-0.05, 0) is 35.0 Å². The lowest BCUT2D eigenvalue weighted by atomic mass is 10.3. The van der Waals surface area contributed by atoms with Crippen LogP contribution in [0.2, 0.25) is 0 Å². The zero-order valence-electron chi connectivity index (χ0n) is 15.6. The van der Waals surface area contributed by atoms with Crippen molar-refractivity contribution in [3.8, 4) is 11.5 Å². The summed E-state index contributed by atoms with van der Waals surface area (Å²) >= 11 is 2.36. The summed E-state index contributed by atoms with van der Waals surface area (Å²) in [5, 5.41) is 2.38. The maximum absolute atomic E-state index is 13.1. The smallest absolute Gasteiger partial charge is 0.244 e. The van der Waals surface area contributed by atoms with Crippen LogP contribution in [0.5, 0.6) is 11.5 Å². The largest absolute Gasteiger partial charge is 0.497 e. The topological polar surface area (TPSA) is 98.8 Å². The predicted molar refractivity (Wildman–Crippen MR) is 113 cm³/mol. The van der Waals surface area contributed by atoms with Crippen molar-refractivity contribution in [1.29, 1.82) is 0 Å². The molecule has 3 rings (SSSR count). The zero-order valence-corrected chi connectivity index (χ0v) is 18.8. The fourth-order valence-corrected chi connectivity index (χ4v) is 7.98. The van der Waals surface area contributed by atoms with E-state index in [0.29, 0.717) is 10.6 Å². The fourth-order valence-electron chi connectivity index (χ4n) is 2.66. The van der Waals surface area contributed by atoms with E-state index in [1.54, 1.807) is 35.0 Å². The number of nitrogens with one attached hydrogen (secondary N) is 1. The molecule has 0 fully saturated rings. The molecule has 3 aromatic rings. The van der Waals surface area contributed by atoms with Crippen LogP contribution in [0.4, 0.5) is 0 Å². The lowest BCUT2D eigenvalue weighted by Crippen LogP contribution is -2.31. The molecule has 0 unspecified atom stereocenters. The minimum absolute atomic E-state index is 0.127. The summed E-state index contributed by atoms with van der Waals surface area (Å²) in [7, 11) is -5.05. The quantitative estimate of drug-likeness (QED) is 0.512. The first-order valence-corrected chi connectivity index (χ1v) is 13.1. The molecule has 0 aliphatic rings. The summed E-state index contributed by atoms with van der Waals surface area (Å²) in [5.74, 6) is 0.472. The number of thiophene rings is 2. The van der Waals surface area contributed by atoms with Gasteiger partial charge < -0.3 is 9.47 Å². The Bertz CT molecular complexity index is 1150. The highest BCUT2D eigenvalue weighted by Crippen LogP contribution is 2.34. The standard InChI is InChI=1S/C18H19NO6S4/c1-24-13-7-8-14(25-2)16(11-13)29(22,23)19-12-17(15-5-3-9-26-15)28(20,21)18-6-4-10-27-18/h3-11,17,19H,12H2,1-2H3/t17-/m0/s1. The van der Waals surface area contributed by atoms with Crippen LogP contribution in [-0.2, 0) is 19.9 Å². The minimum Gasteiger partial charge on any atom is -0.497 e. The molecule has 2 heterocycles. The summed E-state index contributed by atoms with van der Waals surface area (Å²) in [5.41, 5.74) is 0. The molecule has 1 N–H and O–H groups in total. The van der Waals surface area contributed by atoms with Gasteiger partial charge in [0, 0.05) is 17.5 Å². The van der Waals surface area contributed by atoms with Gasteiger partial charge in [-0.1, -0.05) is 12.1 Å². The Morgan fingerprint density at radius 3 is 2.28 bits per heavy atom. The molecular formula is C18H19NO6S4. The molecule has 0 bridgehead atoms. The van der Waals surface area contributed by atoms with Crippen molar-refractivity contribution in [1.82, 2.24) is 4.72 Å². The number of sulfonamides is 1. The second kappa shape index (κ2) is 8.84. The van der Waals surface area contributed by atoms with E-state index in [1.807, 2.05) is 0 Å². The van der Waals surface area contributed by atoms with Gasteiger partial charge in [0.2, 0.25) is 10.0 Å². The molecule has 0 amide bonds. The molecule has 0 spiro atoms. The molecule has 0 saturated heterocycles. The Labute approximate surface area is 177 Å². The lowest BCUT2D eigenvalue weighted by molar-refractivity contribution is 0.392. The number of methoxy groups -OCH3 is 2. The third kappa shape index (κ3) is 4.64. The highest BCUT2D eigenvalue weighted by Gasteiger charge is 2.33. The molecular weight excluding hydrogens is 454 g/mol. The molecule has 7 nitrogen and oxygen atoms in total. The van der Waals surface area contributed by atoms with Gasteiger partial charge >= 0.3 is 0 Å². The van der Waals surface area contributed by atoms with Crippen LogP contribution in [0.25, 0.3) is 0 Å². The van der Waals surface area contributed by atoms with Crippen LogP contribution < -0.4 is 14.2 Å². The number of hydrogen-bond acceptors (Lipinski definition) is 8. The van der Waals surface area contributed by atoms with E-state index < -0.39 is 25.1 Å². The number of hydrogen-bond donors (Lipinski definition) is 1. The van der Waals surface area contributed by atoms with E-state index in [-0.39, 0.29) is 21.4 Å². The van der Waals surface area contributed by atoms with Gasteiger partial charge in [-0.15, -0.1) is 22.7 Å². The fraction of sp³-hybridized carbons (Fsp3) is 0.222. The average Bonchev–Trinajstić information content (AvgIpc) is 3.41. The molecule has 1 aromatic carbocycles. The number of benzene rings is 1. The van der Waals surface area contributed by atoms with Gasteiger partial charge in [-0.2, -0.15) is 0 Å². The molecule has 1 atom stereocenters. The first-order valence-electron chi connectivity index (χ1n) is 8.32. The molecule has 2 aromatic heterocycles. The zero-order chi connectivity index (χ0) is 21.1. The van der Waals surface area contributed by atoms with E-state index in [1.165, 1.54) is 43.8 Å². The molecule has 0 radical (unpaired) electrons. The average molecular weight is 474 g/mol. The normalized spacial score (nSPS) is 13.2. The number of ether oxygens (including phenoxy) is 2. The molecule has 11 heteroatoms. The first-order chi connectivity index (χ1) is 13.8. The van der Waals surface area contributed by atoms with Gasteiger partial charge in [-0.25, -0.2) is 21.6 Å². The van der Waals surface area contributed by atoms with Crippen LogP contribution in [0.1, 0.15) is 10.1 Å². The Kier molecular flexibility index (Phi) is 6.64. The molecule has 29 heavy (non-hydrogen) atoms. The van der Waals surface area contributed by atoms with Gasteiger partial charge in [0.15, 0.2) is 9.84 Å². The van der Waals surface area contributed by atoms with Crippen molar-refractivity contribution in [3.05, 3.63) is 58.1 Å². The van der Waals surface area contributed by atoms with Crippen molar-refractivity contribution >= 4 is 42.5 Å². The monoisotopic (exact) mass is 473 g/mol. The lowest BCUT2D eigenvalue weighted by Gasteiger charge is -2.17. The van der Waals surface area contributed by atoms with Crippen molar-refractivity contribution in [2.24, 2.45) is 0 Å². The van der Waals surface area contributed by atoms with Crippen molar-refractivity contribution in [2.45, 2.75) is 14.4 Å². The van der Waals surface area contributed by atoms with Crippen LogP contribution >= 0.6 is 22.7 Å². The highest BCUT2D eigenvalue weighted by molar-refractivity contribution is 7.94. The van der Waals surface area contributed by atoms with Gasteiger partial charge in [0.1, 0.15) is 25.9 Å². The third-order valence-corrected chi connectivity index (χ3v) is 10.2. The molecule has 156 valence electrons. The van der Waals surface area contributed by atoms with Gasteiger partial charge in [-0.3, -0.25) is 0 Å². The van der Waals surface area contributed by atoms with Crippen LogP contribution in [0, 0.1) is 0 Å². The van der Waals surface area contributed by atoms with Crippen molar-refractivity contribution in [3.63, 3.8) is 0 Å². The maximum Gasteiger partial charge on any atom is 0.244 e. The molecule has 0 saturated carbocycles.